The third-order valence-electron chi connectivity index (χ3n) is 4.67. The van der Waals surface area contributed by atoms with Crippen LogP contribution in [0.25, 0.3) is 0 Å². The summed E-state index contributed by atoms with van der Waals surface area (Å²) in [5, 5.41) is 13.5. The zero-order chi connectivity index (χ0) is 16.4. The van der Waals surface area contributed by atoms with Gasteiger partial charge in [0, 0.05) is 34.2 Å². The first kappa shape index (κ1) is 15.1. The molecule has 2 fully saturated rings. The van der Waals surface area contributed by atoms with Crippen molar-refractivity contribution in [2.24, 2.45) is 0 Å². The van der Waals surface area contributed by atoms with Crippen LogP contribution in [0.1, 0.15) is 71.5 Å². The molecule has 2 aromatic rings. The number of amides is 1. The van der Waals surface area contributed by atoms with Crippen molar-refractivity contribution >= 4 is 17.5 Å². The number of rotatable bonds is 5. The lowest BCUT2D eigenvalue weighted by Crippen LogP contribution is -2.37. The van der Waals surface area contributed by atoms with E-state index >= 15 is 0 Å². The largest absolute Gasteiger partial charge is 0.347 e. The van der Waals surface area contributed by atoms with Gasteiger partial charge in [-0.1, -0.05) is 19.3 Å². The molecule has 0 bridgehead atoms. The average molecular weight is 332 g/mol. The predicted molar refractivity (Wildman–Crippen MR) is 96.6 cm³/mol. The number of hydrogen-bond acceptors (Lipinski definition) is 5. The molecule has 2 saturated carbocycles. The molecule has 24 heavy (non-hydrogen) atoms. The molecule has 132 valence electrons. The van der Waals surface area contributed by atoms with E-state index in [-0.39, 0.29) is 22.1 Å². The zero-order valence-electron chi connectivity index (χ0n) is 13.6. The fraction of sp³-hybridized carbons (Fsp3) is 0.529. The van der Waals surface area contributed by atoms with Crippen LogP contribution in [0, 0.1) is 0 Å². The molecule has 1 amide bonds. The van der Waals surface area contributed by atoms with E-state index in [1.165, 1.54) is 32.1 Å². The van der Waals surface area contributed by atoms with Crippen molar-refractivity contribution in [1.29, 1.82) is 0 Å². The Kier molecular flexibility index (Phi) is 4.15. The SMILES string of the molecule is O=C(NC1CCCCC1)c1nccc(Nc2cc(C3CC3)[nH]n2)n1.[HH].[HH].[HH]. The number of aromatic amines is 1. The molecule has 0 radical (unpaired) electrons. The highest BCUT2D eigenvalue weighted by molar-refractivity contribution is 5.91. The molecule has 3 N–H and O–H groups in total. The molecular formula is C17H28N6O. The Morgan fingerprint density at radius 3 is 2.79 bits per heavy atom. The predicted octanol–water partition coefficient (Wildman–Crippen LogP) is 3.62. The van der Waals surface area contributed by atoms with Gasteiger partial charge in [-0.05, 0) is 31.7 Å². The second kappa shape index (κ2) is 6.59. The first-order valence-corrected chi connectivity index (χ1v) is 8.74. The van der Waals surface area contributed by atoms with Crippen molar-refractivity contribution in [3.05, 3.63) is 29.8 Å². The first-order valence-electron chi connectivity index (χ1n) is 8.74. The van der Waals surface area contributed by atoms with Crippen LogP contribution in [0.3, 0.4) is 0 Å². The molecule has 4 rings (SSSR count). The number of carbonyl (C=O) groups excluding carboxylic acids is 1. The maximum absolute atomic E-state index is 12.3. The summed E-state index contributed by atoms with van der Waals surface area (Å²) in [6.45, 7) is 0. The van der Waals surface area contributed by atoms with E-state index < -0.39 is 0 Å². The van der Waals surface area contributed by atoms with Crippen molar-refractivity contribution in [3.8, 4) is 0 Å². The quantitative estimate of drug-likeness (QED) is 0.777. The summed E-state index contributed by atoms with van der Waals surface area (Å²) in [6.07, 6.45) is 9.74. The number of nitrogens with one attached hydrogen (secondary N) is 3. The lowest BCUT2D eigenvalue weighted by Gasteiger charge is -2.22. The standard InChI is InChI=1S/C17H22N6O.3H2/c24-17(19-12-4-2-1-3-5-12)16-18-9-8-14(21-16)20-15-10-13(22-23-15)11-6-7-11;;;/h8-12H,1-7H2,(H,19,24)(H2,18,20,21,22,23);3*1H. The number of carbonyl (C=O) groups is 1. The highest BCUT2D eigenvalue weighted by atomic mass is 16.2. The van der Waals surface area contributed by atoms with Crippen LogP contribution in [-0.4, -0.2) is 32.1 Å². The molecule has 2 heterocycles. The number of anilines is 2. The smallest absolute Gasteiger partial charge is 0.289 e. The minimum absolute atomic E-state index is 0. The molecule has 2 aliphatic rings. The van der Waals surface area contributed by atoms with Crippen molar-refractivity contribution in [1.82, 2.24) is 25.5 Å². The Morgan fingerprint density at radius 2 is 2.00 bits per heavy atom. The summed E-state index contributed by atoms with van der Waals surface area (Å²) >= 11 is 0. The van der Waals surface area contributed by atoms with Gasteiger partial charge in [0.25, 0.3) is 5.91 Å². The topological polar surface area (TPSA) is 95.6 Å². The summed E-state index contributed by atoms with van der Waals surface area (Å²) < 4.78 is 0. The van der Waals surface area contributed by atoms with Crippen LogP contribution in [-0.2, 0) is 0 Å². The Balaban J connectivity index is 0.00000121. The second-order valence-electron chi connectivity index (χ2n) is 6.68. The lowest BCUT2D eigenvalue weighted by molar-refractivity contribution is 0.0917. The van der Waals surface area contributed by atoms with Gasteiger partial charge in [0.2, 0.25) is 5.82 Å². The van der Waals surface area contributed by atoms with Gasteiger partial charge >= 0.3 is 0 Å². The van der Waals surface area contributed by atoms with Crippen molar-refractivity contribution < 1.29 is 9.07 Å². The average Bonchev–Trinajstić information content (AvgIpc) is 3.36. The van der Waals surface area contributed by atoms with Crippen LogP contribution < -0.4 is 10.6 Å². The van der Waals surface area contributed by atoms with Crippen LogP contribution in [0.4, 0.5) is 11.6 Å². The maximum Gasteiger partial charge on any atom is 0.289 e. The minimum Gasteiger partial charge on any atom is -0.347 e. The molecule has 0 saturated heterocycles. The molecular weight excluding hydrogens is 304 g/mol. The van der Waals surface area contributed by atoms with Gasteiger partial charge in [0.1, 0.15) is 5.82 Å². The molecule has 0 aromatic carbocycles. The zero-order valence-corrected chi connectivity index (χ0v) is 13.6. The second-order valence-corrected chi connectivity index (χ2v) is 6.68. The molecule has 7 heteroatoms. The molecule has 7 nitrogen and oxygen atoms in total. The van der Waals surface area contributed by atoms with E-state index in [2.05, 4.69) is 30.8 Å². The van der Waals surface area contributed by atoms with Crippen molar-refractivity contribution in [2.75, 3.05) is 5.32 Å². The number of H-pyrrole nitrogens is 1. The molecule has 0 atom stereocenters. The summed E-state index contributed by atoms with van der Waals surface area (Å²) in [4.78, 5) is 20.7. The highest BCUT2D eigenvalue weighted by Gasteiger charge is 2.25. The van der Waals surface area contributed by atoms with E-state index in [1.807, 2.05) is 6.07 Å². The fourth-order valence-electron chi connectivity index (χ4n) is 3.17. The fourth-order valence-corrected chi connectivity index (χ4v) is 3.17. The van der Waals surface area contributed by atoms with Crippen molar-refractivity contribution in [3.63, 3.8) is 0 Å². The summed E-state index contributed by atoms with van der Waals surface area (Å²) in [6, 6.07) is 3.99. The van der Waals surface area contributed by atoms with Gasteiger partial charge in [0.15, 0.2) is 5.82 Å². The molecule has 2 aromatic heterocycles. The Labute approximate surface area is 145 Å². The van der Waals surface area contributed by atoms with Gasteiger partial charge < -0.3 is 10.6 Å². The molecule has 0 spiro atoms. The third-order valence-corrected chi connectivity index (χ3v) is 4.67. The van der Waals surface area contributed by atoms with Gasteiger partial charge in [-0.2, -0.15) is 5.10 Å². The first-order chi connectivity index (χ1) is 11.8. The highest BCUT2D eigenvalue weighted by Crippen LogP contribution is 2.39. The number of hydrogen-bond donors (Lipinski definition) is 3. The van der Waals surface area contributed by atoms with E-state index in [0.29, 0.717) is 17.6 Å². The summed E-state index contributed by atoms with van der Waals surface area (Å²) in [7, 11) is 0. The molecule has 0 unspecified atom stereocenters. The Morgan fingerprint density at radius 1 is 1.17 bits per heavy atom. The van der Waals surface area contributed by atoms with Crippen LogP contribution in [0.5, 0.6) is 0 Å². The van der Waals surface area contributed by atoms with Crippen molar-refractivity contribution in [2.45, 2.75) is 56.9 Å². The van der Waals surface area contributed by atoms with Gasteiger partial charge in [-0.3, -0.25) is 9.89 Å². The third kappa shape index (κ3) is 3.55. The number of nitrogens with zero attached hydrogens (tertiary/aromatic N) is 3. The van der Waals surface area contributed by atoms with Crippen LogP contribution in [0.15, 0.2) is 18.3 Å². The van der Waals surface area contributed by atoms with E-state index in [1.54, 1.807) is 12.3 Å². The molecule has 2 aliphatic carbocycles. The Bertz CT molecular complexity index is 731. The van der Waals surface area contributed by atoms with Gasteiger partial charge in [-0.15, -0.1) is 0 Å². The van der Waals surface area contributed by atoms with Crippen LogP contribution >= 0.6 is 0 Å². The molecule has 0 aliphatic heterocycles. The summed E-state index contributed by atoms with van der Waals surface area (Å²) in [5.41, 5.74) is 1.15. The van der Waals surface area contributed by atoms with Gasteiger partial charge in [-0.25, -0.2) is 9.97 Å². The van der Waals surface area contributed by atoms with E-state index in [0.717, 1.165) is 18.5 Å². The van der Waals surface area contributed by atoms with E-state index in [9.17, 15) is 4.79 Å². The minimum atomic E-state index is -0.203. The van der Waals surface area contributed by atoms with E-state index in [4.69, 9.17) is 0 Å². The Hall–Kier alpha value is -2.44. The summed E-state index contributed by atoms with van der Waals surface area (Å²) in [5.74, 6) is 1.91. The number of aromatic nitrogens is 4. The maximum atomic E-state index is 12.3. The lowest BCUT2D eigenvalue weighted by atomic mass is 9.95. The monoisotopic (exact) mass is 332 g/mol. The van der Waals surface area contributed by atoms with Crippen LogP contribution in [0.2, 0.25) is 0 Å². The van der Waals surface area contributed by atoms with Gasteiger partial charge in [0.05, 0.1) is 0 Å². The normalized spacial score (nSPS) is 18.3.